The topological polar surface area (TPSA) is 59.2 Å². The summed E-state index contributed by atoms with van der Waals surface area (Å²) in [5.74, 6) is 1.48. The van der Waals surface area contributed by atoms with Crippen LogP contribution in [0.25, 0.3) is 0 Å². The number of rotatable bonds is 1. The summed E-state index contributed by atoms with van der Waals surface area (Å²) in [5, 5.41) is 0.494. The average molecular weight is 293 g/mol. The Labute approximate surface area is 125 Å². The first-order chi connectivity index (χ1) is 9.27. The summed E-state index contributed by atoms with van der Waals surface area (Å²) in [6.07, 6.45) is 0. The average Bonchev–Trinajstić information content (AvgIpc) is 2.36. The van der Waals surface area contributed by atoms with E-state index in [0.717, 1.165) is 24.5 Å². The van der Waals surface area contributed by atoms with Gasteiger partial charge in [0.2, 0.25) is 0 Å². The van der Waals surface area contributed by atoms with Crippen LogP contribution in [-0.2, 0) is 5.41 Å². The fourth-order valence-corrected chi connectivity index (χ4v) is 3.26. The van der Waals surface area contributed by atoms with E-state index in [1.807, 2.05) is 22.7 Å². The summed E-state index contributed by atoms with van der Waals surface area (Å²) in [6.45, 7) is 9.98. The highest BCUT2D eigenvalue weighted by molar-refractivity contribution is 7.99. The van der Waals surface area contributed by atoms with Crippen LogP contribution in [0.2, 0.25) is 0 Å². The smallest absolute Gasteiger partial charge is 0.254 e. The van der Waals surface area contributed by atoms with Gasteiger partial charge in [0.15, 0.2) is 0 Å². The minimum absolute atomic E-state index is 0.0664. The predicted molar refractivity (Wildman–Crippen MR) is 85.2 cm³/mol. The molecule has 1 amide bonds. The lowest BCUT2D eigenvalue weighted by Gasteiger charge is -2.31. The molecule has 0 aliphatic carbocycles. The van der Waals surface area contributed by atoms with E-state index in [1.165, 1.54) is 0 Å². The molecule has 20 heavy (non-hydrogen) atoms. The number of hydrogen-bond donors (Lipinski definition) is 1. The molecule has 0 bridgehead atoms. The molecule has 0 radical (unpaired) electrons. The lowest BCUT2D eigenvalue weighted by Crippen LogP contribution is -2.41. The molecule has 1 unspecified atom stereocenters. The van der Waals surface area contributed by atoms with Gasteiger partial charge in [0.25, 0.3) is 5.91 Å². The molecule has 4 nitrogen and oxygen atoms in total. The third-order valence-corrected chi connectivity index (χ3v) is 4.53. The number of pyridine rings is 1. The van der Waals surface area contributed by atoms with Crippen molar-refractivity contribution in [3.8, 4) is 0 Å². The maximum Gasteiger partial charge on any atom is 0.254 e. The number of nitrogens with zero attached hydrogens (tertiary/aromatic N) is 2. The zero-order chi connectivity index (χ0) is 14.9. The Kier molecular flexibility index (Phi) is 4.28. The van der Waals surface area contributed by atoms with Crippen LogP contribution in [-0.4, -0.2) is 39.9 Å². The van der Waals surface area contributed by atoms with E-state index in [9.17, 15) is 4.79 Å². The Morgan fingerprint density at radius 1 is 1.45 bits per heavy atom. The normalized spacial score (nSPS) is 20.0. The number of nitrogen functional groups attached to an aromatic ring is 1. The Bertz CT molecular complexity index is 510. The molecule has 1 aromatic rings. The van der Waals surface area contributed by atoms with Crippen LogP contribution in [0.4, 0.5) is 5.82 Å². The molecular formula is C15H23N3OS. The molecule has 2 heterocycles. The van der Waals surface area contributed by atoms with Gasteiger partial charge in [-0.25, -0.2) is 4.98 Å². The van der Waals surface area contributed by atoms with E-state index in [-0.39, 0.29) is 11.3 Å². The van der Waals surface area contributed by atoms with Gasteiger partial charge >= 0.3 is 0 Å². The number of carbonyl (C=O) groups is 1. The van der Waals surface area contributed by atoms with Crippen LogP contribution in [0.5, 0.6) is 0 Å². The Morgan fingerprint density at radius 3 is 2.75 bits per heavy atom. The minimum Gasteiger partial charge on any atom is -0.384 e. The van der Waals surface area contributed by atoms with Gasteiger partial charge in [0.1, 0.15) is 5.82 Å². The molecule has 5 heteroatoms. The molecule has 1 saturated heterocycles. The van der Waals surface area contributed by atoms with E-state index in [0.29, 0.717) is 16.6 Å². The first-order valence-electron chi connectivity index (χ1n) is 6.96. The molecule has 1 aliphatic rings. The standard InChI is InChI=1S/C15H23N3OS/c1-10-9-18(5-6-20-10)14(19)11-7-12(15(2,3)4)17-13(16)8-11/h7-8,10H,5-6,9H2,1-4H3,(H2,16,17). The van der Waals surface area contributed by atoms with Gasteiger partial charge in [-0.1, -0.05) is 27.7 Å². The van der Waals surface area contributed by atoms with Crippen molar-refractivity contribution in [2.75, 3.05) is 24.6 Å². The fraction of sp³-hybridized carbons (Fsp3) is 0.600. The number of nitrogens with two attached hydrogens (primary N) is 1. The monoisotopic (exact) mass is 293 g/mol. The molecule has 1 fully saturated rings. The number of aromatic nitrogens is 1. The molecule has 1 aromatic heterocycles. The zero-order valence-electron chi connectivity index (χ0n) is 12.6. The van der Waals surface area contributed by atoms with Crippen molar-refractivity contribution in [3.63, 3.8) is 0 Å². The Balaban J connectivity index is 2.28. The van der Waals surface area contributed by atoms with Gasteiger partial charge in [-0.05, 0) is 12.1 Å². The van der Waals surface area contributed by atoms with Gasteiger partial charge in [-0.2, -0.15) is 11.8 Å². The van der Waals surface area contributed by atoms with Crippen LogP contribution in [0.15, 0.2) is 12.1 Å². The maximum absolute atomic E-state index is 12.6. The molecule has 2 N–H and O–H groups in total. The molecular weight excluding hydrogens is 270 g/mol. The predicted octanol–water partition coefficient (Wildman–Crippen LogP) is 2.54. The summed E-state index contributed by atoms with van der Waals surface area (Å²) >= 11 is 1.91. The number of amides is 1. The maximum atomic E-state index is 12.6. The van der Waals surface area contributed by atoms with Crippen molar-refractivity contribution >= 4 is 23.5 Å². The molecule has 2 rings (SSSR count). The molecule has 0 spiro atoms. The Hall–Kier alpha value is -1.23. The Morgan fingerprint density at radius 2 is 2.15 bits per heavy atom. The van der Waals surface area contributed by atoms with E-state index >= 15 is 0 Å². The third-order valence-electron chi connectivity index (χ3n) is 3.39. The van der Waals surface area contributed by atoms with Gasteiger partial charge in [-0.15, -0.1) is 0 Å². The minimum atomic E-state index is -0.116. The molecule has 1 atom stereocenters. The van der Waals surface area contributed by atoms with Crippen molar-refractivity contribution in [1.82, 2.24) is 9.88 Å². The van der Waals surface area contributed by atoms with Crippen LogP contribution in [0, 0.1) is 0 Å². The third kappa shape index (κ3) is 3.45. The highest BCUT2D eigenvalue weighted by atomic mass is 32.2. The first-order valence-corrected chi connectivity index (χ1v) is 8.01. The summed E-state index contributed by atoms with van der Waals surface area (Å²) in [5.41, 5.74) is 7.26. The van der Waals surface area contributed by atoms with Crippen LogP contribution < -0.4 is 5.73 Å². The quantitative estimate of drug-likeness (QED) is 0.864. The molecule has 0 aromatic carbocycles. The van der Waals surface area contributed by atoms with Crippen molar-refractivity contribution in [1.29, 1.82) is 0 Å². The summed E-state index contributed by atoms with van der Waals surface area (Å²) < 4.78 is 0. The highest BCUT2D eigenvalue weighted by Gasteiger charge is 2.24. The number of carbonyl (C=O) groups excluding carboxylic acids is 1. The van der Waals surface area contributed by atoms with E-state index in [4.69, 9.17) is 5.73 Å². The van der Waals surface area contributed by atoms with Gasteiger partial charge in [0, 0.05) is 40.8 Å². The summed E-state index contributed by atoms with van der Waals surface area (Å²) in [7, 11) is 0. The second kappa shape index (κ2) is 5.64. The fourth-order valence-electron chi connectivity index (χ4n) is 2.25. The van der Waals surface area contributed by atoms with Crippen molar-refractivity contribution in [2.45, 2.75) is 38.4 Å². The first kappa shape index (κ1) is 15.2. The summed E-state index contributed by atoms with van der Waals surface area (Å²) in [6, 6.07) is 3.56. The zero-order valence-corrected chi connectivity index (χ0v) is 13.5. The summed E-state index contributed by atoms with van der Waals surface area (Å²) in [4.78, 5) is 18.9. The lowest BCUT2D eigenvalue weighted by molar-refractivity contribution is 0.0763. The second-order valence-electron chi connectivity index (χ2n) is 6.35. The second-order valence-corrected chi connectivity index (χ2v) is 7.89. The van der Waals surface area contributed by atoms with Gasteiger partial charge in [-0.3, -0.25) is 4.79 Å². The van der Waals surface area contributed by atoms with E-state index in [1.54, 1.807) is 6.07 Å². The van der Waals surface area contributed by atoms with Crippen molar-refractivity contribution in [2.24, 2.45) is 0 Å². The molecule has 0 saturated carbocycles. The van der Waals surface area contributed by atoms with Crippen molar-refractivity contribution in [3.05, 3.63) is 23.4 Å². The van der Waals surface area contributed by atoms with Crippen LogP contribution in [0.3, 0.4) is 0 Å². The van der Waals surface area contributed by atoms with Crippen molar-refractivity contribution < 1.29 is 4.79 Å². The van der Waals surface area contributed by atoms with E-state index in [2.05, 4.69) is 32.7 Å². The lowest BCUT2D eigenvalue weighted by atomic mass is 9.90. The van der Waals surface area contributed by atoms with Gasteiger partial charge < -0.3 is 10.6 Å². The largest absolute Gasteiger partial charge is 0.384 e. The SMILES string of the molecule is CC1CN(C(=O)c2cc(N)nc(C(C)(C)C)c2)CCS1. The molecule has 1 aliphatic heterocycles. The number of hydrogen-bond acceptors (Lipinski definition) is 4. The van der Waals surface area contributed by atoms with Crippen LogP contribution in [0.1, 0.15) is 43.7 Å². The number of anilines is 1. The van der Waals surface area contributed by atoms with Gasteiger partial charge in [0.05, 0.1) is 0 Å². The van der Waals surface area contributed by atoms with E-state index < -0.39 is 0 Å². The molecule has 110 valence electrons. The van der Waals surface area contributed by atoms with Crippen LogP contribution >= 0.6 is 11.8 Å². The number of thioether (sulfide) groups is 1. The highest BCUT2D eigenvalue weighted by Crippen LogP contribution is 2.24.